The lowest BCUT2D eigenvalue weighted by atomic mass is 10.2. The van der Waals surface area contributed by atoms with Crippen LogP contribution < -0.4 is 10.1 Å². The van der Waals surface area contributed by atoms with Gasteiger partial charge >= 0.3 is 0 Å². The SMILES string of the molecule is CCCOc1cc(C)ccc1NC(=O)C1CC1. The summed E-state index contributed by atoms with van der Waals surface area (Å²) in [5, 5.41) is 2.94. The van der Waals surface area contributed by atoms with E-state index in [-0.39, 0.29) is 11.8 Å². The maximum Gasteiger partial charge on any atom is 0.227 e. The zero-order valence-corrected chi connectivity index (χ0v) is 10.5. The average molecular weight is 233 g/mol. The van der Waals surface area contributed by atoms with Crippen molar-refractivity contribution in [3.8, 4) is 5.75 Å². The number of nitrogens with one attached hydrogen (secondary N) is 1. The second-order valence-electron chi connectivity index (χ2n) is 4.61. The highest BCUT2D eigenvalue weighted by Crippen LogP contribution is 2.32. The first kappa shape index (κ1) is 12.0. The predicted octanol–water partition coefficient (Wildman–Crippen LogP) is 3.13. The average Bonchev–Trinajstić information content (AvgIpc) is 3.13. The number of anilines is 1. The summed E-state index contributed by atoms with van der Waals surface area (Å²) in [4.78, 5) is 11.7. The highest BCUT2D eigenvalue weighted by molar-refractivity contribution is 5.95. The highest BCUT2D eigenvalue weighted by Gasteiger charge is 2.30. The van der Waals surface area contributed by atoms with E-state index in [2.05, 4.69) is 12.2 Å². The van der Waals surface area contributed by atoms with Crippen molar-refractivity contribution in [2.75, 3.05) is 11.9 Å². The first-order valence-electron chi connectivity index (χ1n) is 6.25. The molecule has 0 saturated heterocycles. The number of benzene rings is 1. The Bertz CT molecular complexity index is 411. The Morgan fingerprint density at radius 3 is 2.88 bits per heavy atom. The normalized spacial score (nSPS) is 14.5. The molecule has 1 aliphatic carbocycles. The van der Waals surface area contributed by atoms with Crippen LogP contribution in [0.5, 0.6) is 5.75 Å². The number of ether oxygens (including phenoxy) is 1. The number of amides is 1. The molecule has 1 saturated carbocycles. The molecule has 2 rings (SSSR count). The van der Waals surface area contributed by atoms with Crippen molar-refractivity contribution in [3.63, 3.8) is 0 Å². The van der Waals surface area contributed by atoms with Gasteiger partial charge in [-0.3, -0.25) is 4.79 Å². The molecule has 1 aromatic carbocycles. The summed E-state index contributed by atoms with van der Waals surface area (Å²) < 4.78 is 5.65. The van der Waals surface area contributed by atoms with E-state index < -0.39 is 0 Å². The molecule has 3 heteroatoms. The molecule has 1 aliphatic rings. The molecule has 0 atom stereocenters. The lowest BCUT2D eigenvalue weighted by Crippen LogP contribution is -2.14. The summed E-state index contributed by atoms with van der Waals surface area (Å²) in [5.41, 5.74) is 1.93. The Morgan fingerprint density at radius 2 is 2.24 bits per heavy atom. The number of aryl methyl sites for hydroxylation is 1. The Hall–Kier alpha value is -1.51. The smallest absolute Gasteiger partial charge is 0.227 e. The van der Waals surface area contributed by atoms with Crippen LogP contribution in [0.15, 0.2) is 18.2 Å². The van der Waals surface area contributed by atoms with Gasteiger partial charge in [-0.1, -0.05) is 13.0 Å². The van der Waals surface area contributed by atoms with Gasteiger partial charge < -0.3 is 10.1 Å². The van der Waals surface area contributed by atoms with E-state index in [9.17, 15) is 4.79 Å². The molecule has 1 N–H and O–H groups in total. The van der Waals surface area contributed by atoms with Crippen LogP contribution in [0.1, 0.15) is 31.7 Å². The molecule has 1 aromatic rings. The third kappa shape index (κ3) is 3.22. The molecule has 0 bridgehead atoms. The lowest BCUT2D eigenvalue weighted by Gasteiger charge is -2.12. The molecule has 92 valence electrons. The summed E-state index contributed by atoms with van der Waals surface area (Å²) in [7, 11) is 0. The van der Waals surface area contributed by atoms with Crippen LogP contribution in [0.3, 0.4) is 0 Å². The highest BCUT2D eigenvalue weighted by atomic mass is 16.5. The monoisotopic (exact) mass is 233 g/mol. The van der Waals surface area contributed by atoms with Crippen LogP contribution >= 0.6 is 0 Å². The lowest BCUT2D eigenvalue weighted by molar-refractivity contribution is -0.117. The van der Waals surface area contributed by atoms with Gasteiger partial charge in [0, 0.05) is 5.92 Å². The zero-order valence-electron chi connectivity index (χ0n) is 10.5. The number of carbonyl (C=O) groups is 1. The molecule has 0 radical (unpaired) electrons. The van der Waals surface area contributed by atoms with E-state index in [0.717, 1.165) is 36.3 Å². The van der Waals surface area contributed by atoms with Crippen LogP contribution in [-0.2, 0) is 4.79 Å². The number of rotatable bonds is 5. The minimum absolute atomic E-state index is 0.121. The van der Waals surface area contributed by atoms with E-state index in [1.807, 2.05) is 25.1 Å². The zero-order chi connectivity index (χ0) is 12.3. The largest absolute Gasteiger partial charge is 0.491 e. The molecule has 17 heavy (non-hydrogen) atoms. The fourth-order valence-corrected chi connectivity index (χ4v) is 1.64. The van der Waals surface area contributed by atoms with Crippen molar-refractivity contribution < 1.29 is 9.53 Å². The standard InChI is InChI=1S/C14H19NO2/c1-3-8-17-13-9-10(2)4-7-12(13)15-14(16)11-5-6-11/h4,7,9,11H,3,5-6,8H2,1-2H3,(H,15,16). The van der Waals surface area contributed by atoms with E-state index in [1.165, 1.54) is 0 Å². The van der Waals surface area contributed by atoms with Crippen LogP contribution in [0.2, 0.25) is 0 Å². The van der Waals surface area contributed by atoms with Gasteiger partial charge in [0.1, 0.15) is 5.75 Å². The molecule has 0 spiro atoms. The topological polar surface area (TPSA) is 38.3 Å². The Balaban J connectivity index is 2.10. The summed E-state index contributed by atoms with van der Waals surface area (Å²) in [5.74, 6) is 1.12. The van der Waals surface area contributed by atoms with Crippen LogP contribution in [0, 0.1) is 12.8 Å². The minimum atomic E-state index is 0.121. The van der Waals surface area contributed by atoms with E-state index in [1.54, 1.807) is 0 Å². The first-order chi connectivity index (χ1) is 8.20. The van der Waals surface area contributed by atoms with Gasteiger partial charge in [0.15, 0.2) is 0 Å². The van der Waals surface area contributed by atoms with Crippen LogP contribution in [0.4, 0.5) is 5.69 Å². The van der Waals surface area contributed by atoms with Crippen molar-refractivity contribution >= 4 is 11.6 Å². The second kappa shape index (κ2) is 5.21. The van der Waals surface area contributed by atoms with Gasteiger partial charge in [0.2, 0.25) is 5.91 Å². The van der Waals surface area contributed by atoms with Crippen molar-refractivity contribution in [1.29, 1.82) is 0 Å². The number of hydrogen-bond acceptors (Lipinski definition) is 2. The van der Waals surface area contributed by atoms with Crippen molar-refractivity contribution in [2.24, 2.45) is 5.92 Å². The maximum absolute atomic E-state index is 11.7. The summed E-state index contributed by atoms with van der Waals surface area (Å²) in [6.45, 7) is 4.76. The van der Waals surface area contributed by atoms with E-state index >= 15 is 0 Å². The van der Waals surface area contributed by atoms with Crippen molar-refractivity contribution in [1.82, 2.24) is 0 Å². The predicted molar refractivity (Wildman–Crippen MR) is 68.3 cm³/mol. The van der Waals surface area contributed by atoms with Gasteiger partial charge in [-0.05, 0) is 43.9 Å². The van der Waals surface area contributed by atoms with Crippen LogP contribution in [0.25, 0.3) is 0 Å². The van der Waals surface area contributed by atoms with Gasteiger partial charge in [0.25, 0.3) is 0 Å². The molecule has 0 aromatic heterocycles. The van der Waals surface area contributed by atoms with E-state index in [4.69, 9.17) is 4.74 Å². The Labute approximate surface area is 102 Å². The van der Waals surface area contributed by atoms with E-state index in [0.29, 0.717) is 6.61 Å². The van der Waals surface area contributed by atoms with Gasteiger partial charge in [-0.25, -0.2) is 0 Å². The third-order valence-electron chi connectivity index (χ3n) is 2.80. The summed E-state index contributed by atoms with van der Waals surface area (Å²) in [6.07, 6.45) is 3.00. The van der Waals surface area contributed by atoms with Crippen molar-refractivity contribution in [2.45, 2.75) is 33.1 Å². The molecule has 0 aliphatic heterocycles. The molecule has 0 unspecified atom stereocenters. The maximum atomic E-state index is 11.7. The third-order valence-corrected chi connectivity index (χ3v) is 2.80. The van der Waals surface area contributed by atoms with Gasteiger partial charge in [-0.2, -0.15) is 0 Å². The Morgan fingerprint density at radius 1 is 1.47 bits per heavy atom. The minimum Gasteiger partial charge on any atom is -0.491 e. The second-order valence-corrected chi connectivity index (χ2v) is 4.61. The van der Waals surface area contributed by atoms with Crippen molar-refractivity contribution in [3.05, 3.63) is 23.8 Å². The first-order valence-corrected chi connectivity index (χ1v) is 6.25. The molecule has 3 nitrogen and oxygen atoms in total. The quantitative estimate of drug-likeness (QED) is 0.848. The molecule has 1 fully saturated rings. The summed E-state index contributed by atoms with van der Waals surface area (Å²) in [6, 6.07) is 5.88. The number of carbonyl (C=O) groups excluding carboxylic acids is 1. The molecular formula is C14H19NO2. The van der Waals surface area contributed by atoms with Crippen LogP contribution in [-0.4, -0.2) is 12.5 Å². The summed E-state index contributed by atoms with van der Waals surface area (Å²) >= 11 is 0. The Kier molecular flexibility index (Phi) is 3.67. The molecule has 0 heterocycles. The molecular weight excluding hydrogens is 214 g/mol. The molecule has 1 amide bonds. The fourth-order valence-electron chi connectivity index (χ4n) is 1.64. The fraction of sp³-hybridized carbons (Fsp3) is 0.500. The van der Waals surface area contributed by atoms with Gasteiger partial charge in [0.05, 0.1) is 12.3 Å². The van der Waals surface area contributed by atoms with Gasteiger partial charge in [-0.15, -0.1) is 0 Å². The number of hydrogen-bond donors (Lipinski definition) is 1.